The average Bonchev–Trinajstić information content (AvgIpc) is 3.33. The molecule has 2 aliphatic carbocycles. The highest BCUT2D eigenvalue weighted by Crippen LogP contribution is 2.58. The lowest BCUT2D eigenvalue weighted by Crippen LogP contribution is -2.33. The van der Waals surface area contributed by atoms with E-state index in [2.05, 4.69) is 97.1 Å². The van der Waals surface area contributed by atoms with E-state index < -0.39 is 0 Å². The second kappa shape index (κ2) is 8.23. The Morgan fingerprint density at radius 2 is 0.647 bits per heavy atom. The van der Waals surface area contributed by atoms with E-state index in [0.29, 0.717) is 12.8 Å². The van der Waals surface area contributed by atoms with Crippen molar-refractivity contribution in [2.24, 2.45) is 0 Å². The van der Waals surface area contributed by atoms with Crippen LogP contribution in [0.3, 0.4) is 0 Å². The van der Waals surface area contributed by atoms with Gasteiger partial charge in [-0.1, -0.05) is 97.1 Å². The van der Waals surface area contributed by atoms with Gasteiger partial charge < -0.3 is 10.2 Å². The normalized spacial score (nSPS) is 15.9. The Hall–Kier alpha value is -3.20. The van der Waals surface area contributed by atoms with Gasteiger partial charge >= 0.3 is 0 Å². The van der Waals surface area contributed by atoms with Crippen LogP contribution in [0.25, 0.3) is 22.3 Å². The van der Waals surface area contributed by atoms with E-state index in [-0.39, 0.29) is 24.0 Å². The van der Waals surface area contributed by atoms with Gasteiger partial charge in [-0.05, 0) is 70.2 Å². The summed E-state index contributed by atoms with van der Waals surface area (Å²) in [4.78, 5) is 0. The van der Waals surface area contributed by atoms with E-state index in [1.807, 2.05) is 0 Å². The van der Waals surface area contributed by atoms with Gasteiger partial charge in [0.2, 0.25) is 0 Å². The SMILES string of the molecule is OCCC1(CCC2(CCO)c3ccccc3-c3ccccc32)c2ccccc2-c2ccccc21. The molecule has 0 atom stereocenters. The van der Waals surface area contributed by atoms with Gasteiger partial charge in [0, 0.05) is 24.0 Å². The second-order valence-corrected chi connectivity index (χ2v) is 9.79. The maximum Gasteiger partial charge on any atom is 0.0442 e. The predicted molar refractivity (Wildman–Crippen MR) is 138 cm³/mol. The zero-order chi connectivity index (χ0) is 23.2. The molecule has 0 aromatic heterocycles. The molecule has 4 aromatic rings. The summed E-state index contributed by atoms with van der Waals surface area (Å²) in [6.07, 6.45) is 3.20. The summed E-state index contributed by atoms with van der Waals surface area (Å²) in [6.45, 7) is 0.283. The fraction of sp³-hybridized carbons (Fsp3) is 0.250. The van der Waals surface area contributed by atoms with Gasteiger partial charge in [0.05, 0.1) is 0 Å². The monoisotopic (exact) mass is 446 g/mol. The Morgan fingerprint density at radius 1 is 0.382 bits per heavy atom. The molecule has 2 heteroatoms. The van der Waals surface area contributed by atoms with Crippen molar-refractivity contribution in [2.45, 2.75) is 36.5 Å². The third-order valence-corrected chi connectivity index (χ3v) is 8.41. The lowest BCUT2D eigenvalue weighted by atomic mass is 9.65. The Morgan fingerprint density at radius 3 is 0.912 bits per heavy atom. The number of benzene rings is 4. The summed E-state index contributed by atoms with van der Waals surface area (Å²) in [5.74, 6) is 0. The zero-order valence-corrected chi connectivity index (χ0v) is 19.4. The fourth-order valence-corrected chi connectivity index (χ4v) is 6.97. The van der Waals surface area contributed by atoms with Crippen molar-refractivity contribution in [1.82, 2.24) is 0 Å². The first-order chi connectivity index (χ1) is 16.7. The molecule has 0 saturated carbocycles. The number of hydrogen-bond donors (Lipinski definition) is 2. The summed E-state index contributed by atoms with van der Waals surface area (Å²) in [7, 11) is 0. The molecule has 6 rings (SSSR count). The van der Waals surface area contributed by atoms with Crippen LogP contribution in [0.5, 0.6) is 0 Å². The van der Waals surface area contributed by atoms with Crippen LogP contribution in [-0.4, -0.2) is 23.4 Å². The summed E-state index contributed by atoms with van der Waals surface area (Å²) in [5, 5.41) is 20.6. The van der Waals surface area contributed by atoms with Crippen LogP contribution in [0.1, 0.15) is 47.9 Å². The highest BCUT2D eigenvalue weighted by Gasteiger charge is 2.47. The maximum absolute atomic E-state index is 10.3. The van der Waals surface area contributed by atoms with Gasteiger partial charge in [0.25, 0.3) is 0 Å². The first-order valence-corrected chi connectivity index (χ1v) is 12.4. The molecule has 0 saturated heterocycles. The van der Waals surface area contributed by atoms with Crippen molar-refractivity contribution in [1.29, 1.82) is 0 Å². The number of rotatable bonds is 7. The molecule has 0 aliphatic heterocycles. The highest BCUT2D eigenvalue weighted by molar-refractivity contribution is 5.82. The smallest absolute Gasteiger partial charge is 0.0442 e. The summed E-state index contributed by atoms with van der Waals surface area (Å²) >= 11 is 0. The molecule has 4 aromatic carbocycles. The molecular formula is C32H30O2. The maximum atomic E-state index is 10.3. The Kier molecular flexibility index (Phi) is 5.17. The minimum Gasteiger partial charge on any atom is -0.396 e. The van der Waals surface area contributed by atoms with Crippen LogP contribution < -0.4 is 0 Å². The molecule has 2 N–H and O–H groups in total. The zero-order valence-electron chi connectivity index (χ0n) is 19.4. The molecule has 2 aliphatic rings. The molecule has 34 heavy (non-hydrogen) atoms. The first kappa shape index (κ1) is 21.3. The minimum absolute atomic E-state index is 0.142. The summed E-state index contributed by atoms with van der Waals surface area (Å²) in [6, 6.07) is 34.8. The van der Waals surface area contributed by atoms with Crippen LogP contribution in [0.4, 0.5) is 0 Å². The summed E-state index contributed by atoms with van der Waals surface area (Å²) in [5.41, 5.74) is 9.96. The van der Waals surface area contributed by atoms with Gasteiger partial charge in [-0.25, -0.2) is 0 Å². The predicted octanol–water partition coefficient (Wildman–Crippen LogP) is 6.46. The molecule has 170 valence electrons. The van der Waals surface area contributed by atoms with Crippen molar-refractivity contribution in [3.63, 3.8) is 0 Å². The fourth-order valence-electron chi connectivity index (χ4n) is 6.97. The molecule has 0 amide bonds. The van der Waals surface area contributed by atoms with Crippen LogP contribution in [0, 0.1) is 0 Å². The standard InChI is InChI=1S/C32H30O2/c33-21-19-31(27-13-5-1-9-23(27)24-10-2-6-14-28(24)31)17-18-32(20-22-34)29-15-7-3-11-25(29)26-12-4-8-16-30(26)32/h1-16,33-34H,17-22H2. The number of hydrogen-bond acceptors (Lipinski definition) is 2. The number of aliphatic hydroxyl groups excluding tert-OH is 2. The highest BCUT2D eigenvalue weighted by atomic mass is 16.3. The van der Waals surface area contributed by atoms with Gasteiger partial charge in [0.1, 0.15) is 0 Å². The molecule has 0 fully saturated rings. The Balaban J connectivity index is 1.51. The van der Waals surface area contributed by atoms with Crippen molar-refractivity contribution < 1.29 is 10.2 Å². The van der Waals surface area contributed by atoms with Gasteiger partial charge in [-0.15, -0.1) is 0 Å². The third-order valence-electron chi connectivity index (χ3n) is 8.41. The minimum atomic E-state index is -0.239. The lowest BCUT2D eigenvalue weighted by molar-refractivity contribution is 0.223. The van der Waals surface area contributed by atoms with Gasteiger partial charge in [-0.2, -0.15) is 0 Å². The largest absolute Gasteiger partial charge is 0.396 e. The Labute approximate surface area is 201 Å². The van der Waals surface area contributed by atoms with Crippen LogP contribution in [0.15, 0.2) is 97.1 Å². The van der Waals surface area contributed by atoms with Crippen molar-refractivity contribution in [2.75, 3.05) is 13.2 Å². The molecule has 0 radical (unpaired) electrons. The second-order valence-electron chi connectivity index (χ2n) is 9.79. The van der Waals surface area contributed by atoms with Crippen molar-refractivity contribution in [3.05, 3.63) is 119 Å². The van der Waals surface area contributed by atoms with Crippen LogP contribution in [0.2, 0.25) is 0 Å². The molecule has 0 spiro atoms. The van der Waals surface area contributed by atoms with E-state index in [0.717, 1.165) is 12.8 Å². The van der Waals surface area contributed by atoms with Crippen LogP contribution >= 0.6 is 0 Å². The molecule has 2 nitrogen and oxygen atoms in total. The van der Waals surface area contributed by atoms with Crippen molar-refractivity contribution in [3.8, 4) is 22.3 Å². The van der Waals surface area contributed by atoms with E-state index in [1.54, 1.807) is 0 Å². The Bertz CT molecular complexity index is 1160. The number of aliphatic hydroxyl groups is 2. The molecular weight excluding hydrogens is 416 g/mol. The van der Waals surface area contributed by atoms with Gasteiger partial charge in [-0.3, -0.25) is 0 Å². The average molecular weight is 447 g/mol. The lowest BCUT2D eigenvalue weighted by Gasteiger charge is -2.38. The van der Waals surface area contributed by atoms with E-state index in [1.165, 1.54) is 44.5 Å². The van der Waals surface area contributed by atoms with Gasteiger partial charge in [0.15, 0.2) is 0 Å². The molecule has 0 unspecified atom stereocenters. The molecule has 0 bridgehead atoms. The van der Waals surface area contributed by atoms with Crippen LogP contribution in [-0.2, 0) is 10.8 Å². The summed E-state index contributed by atoms with van der Waals surface area (Å²) < 4.78 is 0. The van der Waals surface area contributed by atoms with E-state index in [9.17, 15) is 10.2 Å². The van der Waals surface area contributed by atoms with E-state index >= 15 is 0 Å². The topological polar surface area (TPSA) is 40.5 Å². The molecule has 0 heterocycles. The van der Waals surface area contributed by atoms with Crippen molar-refractivity contribution >= 4 is 0 Å². The first-order valence-electron chi connectivity index (χ1n) is 12.4. The quantitative estimate of drug-likeness (QED) is 0.342. The van der Waals surface area contributed by atoms with E-state index in [4.69, 9.17) is 0 Å². The number of fused-ring (bicyclic) bond motifs is 6. The third kappa shape index (κ3) is 2.89.